The lowest BCUT2D eigenvalue weighted by Gasteiger charge is -2.32. The van der Waals surface area contributed by atoms with Gasteiger partial charge in [-0.05, 0) is 48.7 Å². The Balaban J connectivity index is 1.60. The highest BCUT2D eigenvalue weighted by atomic mass is 32.1. The van der Waals surface area contributed by atoms with Gasteiger partial charge in [0.2, 0.25) is 0 Å². The number of hydrogen-bond donors (Lipinski definition) is 0. The van der Waals surface area contributed by atoms with E-state index in [0.29, 0.717) is 0 Å². The fourth-order valence-electron chi connectivity index (χ4n) is 4.12. The number of hydrogen-bond acceptors (Lipinski definition) is 5. The summed E-state index contributed by atoms with van der Waals surface area (Å²) < 4.78 is 2.24. The van der Waals surface area contributed by atoms with Gasteiger partial charge < -0.3 is 9.30 Å². The lowest BCUT2D eigenvalue weighted by molar-refractivity contribution is 0.147. The van der Waals surface area contributed by atoms with Gasteiger partial charge in [-0.3, -0.25) is 4.90 Å². The summed E-state index contributed by atoms with van der Waals surface area (Å²) >= 11 is 1.49. The molecule has 5 nitrogen and oxygen atoms in total. The number of aryl methyl sites for hydroxylation is 1. The Bertz CT molecular complexity index is 1250. The summed E-state index contributed by atoms with van der Waals surface area (Å²) in [5.74, 6) is 0. The second-order valence-corrected chi connectivity index (χ2v) is 9.22. The zero-order valence-corrected chi connectivity index (χ0v) is 18.7. The van der Waals surface area contributed by atoms with Crippen LogP contribution in [0.5, 0.6) is 0 Å². The monoisotopic (exact) mass is 427 g/mol. The molecule has 0 bridgehead atoms. The Morgan fingerprint density at radius 2 is 1.74 bits per heavy atom. The number of piperazine rings is 1. The molecule has 6 heteroatoms. The maximum atomic E-state index is 9.20. The molecule has 1 saturated heterocycles. The highest BCUT2D eigenvalue weighted by Gasteiger charge is 2.20. The summed E-state index contributed by atoms with van der Waals surface area (Å²) in [5, 5.41) is 11.3. The van der Waals surface area contributed by atoms with E-state index in [1.54, 1.807) is 0 Å². The minimum Gasteiger partial charge on any atom is -0.304 e. The third-order valence-corrected chi connectivity index (χ3v) is 6.89. The van der Waals surface area contributed by atoms with Gasteiger partial charge in [0.25, 0.3) is 0 Å². The van der Waals surface area contributed by atoms with E-state index in [2.05, 4.69) is 82.2 Å². The lowest BCUT2D eigenvalue weighted by Crippen LogP contribution is -2.44. The number of imidazole rings is 1. The molecule has 0 N–H and O–H groups in total. The van der Waals surface area contributed by atoms with Crippen molar-refractivity contribution in [1.29, 1.82) is 5.26 Å². The minimum atomic E-state index is 0.735. The van der Waals surface area contributed by atoms with E-state index in [1.807, 2.05) is 6.07 Å². The van der Waals surface area contributed by atoms with Gasteiger partial charge in [-0.1, -0.05) is 29.8 Å². The van der Waals surface area contributed by atoms with Crippen molar-refractivity contribution in [2.45, 2.75) is 13.5 Å². The molecule has 31 heavy (non-hydrogen) atoms. The standard InChI is InChI=1S/C25H25N5S/c1-18-3-5-19(6-4-18)25-23(16-29-11-9-28(2)10-12-29)30-15-20(7-8-24(30)27-25)21-13-22(14-26)31-17-21/h3-8,13,15,17H,9-12,16H2,1-2H3. The highest BCUT2D eigenvalue weighted by Crippen LogP contribution is 2.30. The molecule has 0 radical (unpaired) electrons. The Morgan fingerprint density at radius 3 is 2.45 bits per heavy atom. The van der Waals surface area contributed by atoms with Gasteiger partial charge in [0, 0.05) is 44.5 Å². The third-order valence-electron chi connectivity index (χ3n) is 6.05. The van der Waals surface area contributed by atoms with E-state index >= 15 is 0 Å². The predicted octanol–water partition coefficient (Wildman–Crippen LogP) is 4.66. The van der Waals surface area contributed by atoms with Crippen LogP contribution in [0.4, 0.5) is 0 Å². The smallest absolute Gasteiger partial charge is 0.137 e. The van der Waals surface area contributed by atoms with Crippen LogP contribution in [-0.4, -0.2) is 52.4 Å². The number of pyridine rings is 1. The van der Waals surface area contributed by atoms with Crippen LogP contribution in [0, 0.1) is 18.3 Å². The van der Waals surface area contributed by atoms with E-state index in [4.69, 9.17) is 4.98 Å². The van der Waals surface area contributed by atoms with Crippen LogP contribution < -0.4 is 0 Å². The van der Waals surface area contributed by atoms with Crippen LogP contribution in [0.1, 0.15) is 16.1 Å². The zero-order chi connectivity index (χ0) is 21.4. The number of benzene rings is 1. The van der Waals surface area contributed by atoms with Crippen molar-refractivity contribution in [3.05, 3.63) is 70.2 Å². The van der Waals surface area contributed by atoms with E-state index < -0.39 is 0 Å². The first kappa shape index (κ1) is 20.0. The molecule has 156 valence electrons. The van der Waals surface area contributed by atoms with Crippen molar-refractivity contribution in [1.82, 2.24) is 19.2 Å². The Morgan fingerprint density at radius 1 is 1.00 bits per heavy atom. The molecule has 0 atom stereocenters. The maximum absolute atomic E-state index is 9.20. The molecular formula is C25H25N5S. The molecule has 3 aromatic heterocycles. The fourth-order valence-corrected chi connectivity index (χ4v) is 4.83. The molecule has 0 amide bonds. The summed E-state index contributed by atoms with van der Waals surface area (Å²) in [4.78, 5) is 10.7. The average Bonchev–Trinajstić information content (AvgIpc) is 3.41. The van der Waals surface area contributed by atoms with Crippen molar-refractivity contribution < 1.29 is 0 Å². The molecule has 0 saturated carbocycles. The maximum Gasteiger partial charge on any atom is 0.137 e. The quantitative estimate of drug-likeness (QED) is 0.475. The van der Waals surface area contributed by atoms with E-state index in [-0.39, 0.29) is 0 Å². The van der Waals surface area contributed by atoms with Gasteiger partial charge in [-0.25, -0.2) is 4.98 Å². The first-order valence-corrected chi connectivity index (χ1v) is 11.5. The number of rotatable bonds is 4. The van der Waals surface area contributed by atoms with Crippen LogP contribution in [0.3, 0.4) is 0 Å². The van der Waals surface area contributed by atoms with E-state index in [1.165, 1.54) is 22.6 Å². The van der Waals surface area contributed by atoms with E-state index in [0.717, 1.165) is 65.6 Å². The summed E-state index contributed by atoms with van der Waals surface area (Å²) in [6, 6.07) is 17.0. The molecule has 4 heterocycles. The Labute approximate surface area is 186 Å². The second kappa shape index (κ2) is 8.27. The molecule has 0 aliphatic carbocycles. The zero-order valence-electron chi connectivity index (χ0n) is 17.9. The first-order valence-electron chi connectivity index (χ1n) is 10.6. The molecule has 0 unspecified atom stereocenters. The van der Waals surface area contributed by atoms with Gasteiger partial charge in [0.1, 0.15) is 16.6 Å². The Kier molecular flexibility index (Phi) is 5.33. The SMILES string of the molecule is Cc1ccc(-c2nc3ccc(-c4csc(C#N)c4)cn3c2CN2CCN(C)CC2)cc1. The fraction of sp³-hybridized carbons (Fsp3) is 0.280. The molecule has 0 spiro atoms. The molecule has 1 aliphatic heterocycles. The van der Waals surface area contributed by atoms with Crippen LogP contribution >= 0.6 is 11.3 Å². The molecule has 1 aromatic carbocycles. The largest absolute Gasteiger partial charge is 0.304 e. The molecule has 4 aromatic rings. The van der Waals surface area contributed by atoms with Gasteiger partial charge in [0.05, 0.1) is 11.4 Å². The Hall–Kier alpha value is -2.98. The van der Waals surface area contributed by atoms with Crippen LogP contribution in [0.2, 0.25) is 0 Å². The number of likely N-dealkylation sites (N-methyl/N-ethyl adjacent to an activating group) is 1. The topological polar surface area (TPSA) is 47.6 Å². The predicted molar refractivity (Wildman–Crippen MR) is 126 cm³/mol. The van der Waals surface area contributed by atoms with Crippen molar-refractivity contribution in [3.8, 4) is 28.5 Å². The van der Waals surface area contributed by atoms with Gasteiger partial charge in [-0.2, -0.15) is 5.26 Å². The average molecular weight is 428 g/mol. The summed E-state index contributed by atoms with van der Waals surface area (Å²) in [5.41, 5.74) is 7.83. The molecule has 1 fully saturated rings. The van der Waals surface area contributed by atoms with Crippen molar-refractivity contribution >= 4 is 17.0 Å². The number of nitrogens with zero attached hydrogens (tertiary/aromatic N) is 5. The van der Waals surface area contributed by atoms with Crippen LogP contribution in [0.15, 0.2) is 54.0 Å². The van der Waals surface area contributed by atoms with Crippen molar-refractivity contribution in [2.24, 2.45) is 0 Å². The minimum absolute atomic E-state index is 0.735. The summed E-state index contributed by atoms with van der Waals surface area (Å²) in [7, 11) is 2.19. The van der Waals surface area contributed by atoms with Gasteiger partial charge >= 0.3 is 0 Å². The van der Waals surface area contributed by atoms with Crippen molar-refractivity contribution in [2.75, 3.05) is 33.2 Å². The van der Waals surface area contributed by atoms with Crippen molar-refractivity contribution in [3.63, 3.8) is 0 Å². The van der Waals surface area contributed by atoms with Gasteiger partial charge in [0.15, 0.2) is 0 Å². The lowest BCUT2D eigenvalue weighted by atomic mass is 10.1. The molecular weight excluding hydrogens is 402 g/mol. The highest BCUT2D eigenvalue weighted by molar-refractivity contribution is 7.10. The van der Waals surface area contributed by atoms with E-state index in [9.17, 15) is 5.26 Å². The van der Waals surface area contributed by atoms with Crippen LogP contribution in [-0.2, 0) is 6.54 Å². The van der Waals surface area contributed by atoms with Gasteiger partial charge in [-0.15, -0.1) is 11.3 Å². The summed E-state index contributed by atoms with van der Waals surface area (Å²) in [6.07, 6.45) is 2.18. The first-order chi connectivity index (χ1) is 15.1. The third kappa shape index (κ3) is 4.00. The normalized spacial score (nSPS) is 15.4. The molecule has 1 aliphatic rings. The summed E-state index contributed by atoms with van der Waals surface area (Å²) in [6.45, 7) is 7.29. The number of nitriles is 1. The number of aromatic nitrogens is 2. The number of fused-ring (bicyclic) bond motifs is 1. The molecule has 5 rings (SSSR count). The van der Waals surface area contributed by atoms with Crippen LogP contribution in [0.25, 0.3) is 28.0 Å². The second-order valence-electron chi connectivity index (χ2n) is 8.31. The number of thiophene rings is 1.